The molecule has 0 radical (unpaired) electrons. The lowest BCUT2D eigenvalue weighted by molar-refractivity contribution is 0.505. The maximum absolute atomic E-state index is 4.39. The number of hydrogen-bond acceptors (Lipinski definition) is 3. The van der Waals surface area contributed by atoms with E-state index in [9.17, 15) is 0 Å². The second-order valence-corrected chi connectivity index (χ2v) is 4.64. The van der Waals surface area contributed by atoms with Gasteiger partial charge in [-0.15, -0.1) is 0 Å². The molecule has 0 amide bonds. The van der Waals surface area contributed by atoms with Crippen LogP contribution in [-0.2, 0) is 6.42 Å². The number of rotatable bonds is 5. The van der Waals surface area contributed by atoms with E-state index in [0.717, 1.165) is 30.8 Å². The third-order valence-electron chi connectivity index (χ3n) is 3.37. The van der Waals surface area contributed by atoms with Crippen molar-refractivity contribution in [3.63, 3.8) is 0 Å². The van der Waals surface area contributed by atoms with E-state index >= 15 is 0 Å². The molecule has 18 heavy (non-hydrogen) atoms. The first kappa shape index (κ1) is 13.0. The molecule has 0 aliphatic rings. The predicted octanol–water partition coefficient (Wildman–Crippen LogP) is 2.87. The molecule has 3 heteroatoms. The number of benzene rings is 1. The first-order valence-electron chi connectivity index (χ1n) is 6.70. The largest absolute Gasteiger partial charge is 0.314 e. The third-order valence-corrected chi connectivity index (χ3v) is 3.37. The lowest BCUT2D eigenvalue weighted by atomic mass is 10.0. The fraction of sp³-hybridized carbons (Fsp3) is 0.467. The molecule has 2 rings (SSSR count). The van der Waals surface area contributed by atoms with E-state index in [1.807, 2.05) is 6.92 Å². The van der Waals surface area contributed by atoms with Crippen LogP contribution in [0.3, 0.4) is 0 Å². The van der Waals surface area contributed by atoms with Gasteiger partial charge in [0.2, 0.25) is 0 Å². The van der Waals surface area contributed by atoms with Crippen LogP contribution in [0.15, 0.2) is 24.3 Å². The van der Waals surface area contributed by atoms with E-state index in [4.69, 9.17) is 0 Å². The van der Waals surface area contributed by atoms with Crippen molar-refractivity contribution in [1.82, 2.24) is 15.5 Å². The van der Waals surface area contributed by atoms with Gasteiger partial charge in [0.1, 0.15) is 0 Å². The van der Waals surface area contributed by atoms with Gasteiger partial charge in [-0.1, -0.05) is 38.1 Å². The molecule has 1 N–H and O–H groups in total. The molecule has 1 heterocycles. The number of aryl methyl sites for hydroxylation is 1. The summed E-state index contributed by atoms with van der Waals surface area (Å²) in [6.45, 7) is 7.36. The van der Waals surface area contributed by atoms with Crippen LogP contribution in [0.4, 0.5) is 0 Å². The average Bonchev–Trinajstić information content (AvgIpc) is 2.41. The number of likely N-dealkylation sites (N-methyl/N-ethyl adjacent to an activating group) is 1. The van der Waals surface area contributed by atoms with Gasteiger partial charge in [0.25, 0.3) is 0 Å². The number of nitrogens with one attached hydrogen (secondary N) is 1. The zero-order valence-electron chi connectivity index (χ0n) is 11.4. The highest BCUT2D eigenvalue weighted by atomic mass is 15.1. The van der Waals surface area contributed by atoms with Crippen LogP contribution in [0.5, 0.6) is 0 Å². The quantitative estimate of drug-likeness (QED) is 0.877. The summed E-state index contributed by atoms with van der Waals surface area (Å²) < 4.78 is 0. The van der Waals surface area contributed by atoms with Crippen molar-refractivity contribution >= 4 is 10.8 Å². The third kappa shape index (κ3) is 2.67. The maximum Gasteiger partial charge on any atom is 0.0725 e. The van der Waals surface area contributed by atoms with Gasteiger partial charge < -0.3 is 5.32 Å². The monoisotopic (exact) mass is 243 g/mol. The van der Waals surface area contributed by atoms with E-state index in [0.29, 0.717) is 6.04 Å². The normalized spacial score (nSPS) is 12.8. The van der Waals surface area contributed by atoms with Gasteiger partial charge in [0, 0.05) is 23.2 Å². The second kappa shape index (κ2) is 5.91. The van der Waals surface area contributed by atoms with E-state index in [1.165, 1.54) is 10.8 Å². The van der Waals surface area contributed by atoms with E-state index < -0.39 is 0 Å². The summed E-state index contributed by atoms with van der Waals surface area (Å²) in [5.74, 6) is 0. The number of nitrogens with zero attached hydrogens (tertiary/aromatic N) is 2. The molecule has 0 bridgehead atoms. The minimum absolute atomic E-state index is 0.482. The van der Waals surface area contributed by atoms with Crippen LogP contribution < -0.4 is 5.32 Å². The maximum atomic E-state index is 4.39. The SMILES string of the molecule is CCNC(CC)Cc1nnc(C)c2ccccc12. The number of aromatic nitrogens is 2. The molecule has 0 aliphatic carbocycles. The molecule has 0 aliphatic heterocycles. The highest BCUT2D eigenvalue weighted by Gasteiger charge is 2.11. The Balaban J connectivity index is 2.36. The van der Waals surface area contributed by atoms with Crippen LogP contribution >= 0.6 is 0 Å². The van der Waals surface area contributed by atoms with Crippen molar-refractivity contribution in [3.8, 4) is 0 Å². The summed E-state index contributed by atoms with van der Waals surface area (Å²) in [5, 5.41) is 14.6. The summed E-state index contributed by atoms with van der Waals surface area (Å²) in [4.78, 5) is 0. The Morgan fingerprint density at radius 1 is 1.11 bits per heavy atom. The minimum Gasteiger partial charge on any atom is -0.314 e. The predicted molar refractivity (Wildman–Crippen MR) is 75.7 cm³/mol. The molecule has 1 atom stereocenters. The molecule has 1 aromatic carbocycles. The van der Waals surface area contributed by atoms with Gasteiger partial charge in [-0.05, 0) is 19.9 Å². The molecule has 2 aromatic rings. The molecule has 1 unspecified atom stereocenters. The Morgan fingerprint density at radius 3 is 2.50 bits per heavy atom. The Morgan fingerprint density at radius 2 is 1.83 bits per heavy atom. The van der Waals surface area contributed by atoms with E-state index in [1.54, 1.807) is 0 Å². The van der Waals surface area contributed by atoms with Crippen molar-refractivity contribution in [1.29, 1.82) is 0 Å². The minimum atomic E-state index is 0.482. The highest BCUT2D eigenvalue weighted by molar-refractivity contribution is 5.86. The smallest absolute Gasteiger partial charge is 0.0725 e. The molecule has 96 valence electrons. The topological polar surface area (TPSA) is 37.8 Å². The fourth-order valence-corrected chi connectivity index (χ4v) is 2.33. The van der Waals surface area contributed by atoms with Crippen LogP contribution in [0.25, 0.3) is 10.8 Å². The number of hydrogen-bond donors (Lipinski definition) is 1. The fourth-order valence-electron chi connectivity index (χ4n) is 2.33. The lowest BCUT2D eigenvalue weighted by Crippen LogP contribution is -2.30. The zero-order chi connectivity index (χ0) is 13.0. The average molecular weight is 243 g/mol. The van der Waals surface area contributed by atoms with Crippen molar-refractivity contribution in [2.75, 3.05) is 6.54 Å². The summed E-state index contributed by atoms with van der Waals surface area (Å²) in [7, 11) is 0. The first-order valence-corrected chi connectivity index (χ1v) is 6.70. The highest BCUT2D eigenvalue weighted by Crippen LogP contribution is 2.20. The molecule has 0 saturated heterocycles. The molecule has 0 saturated carbocycles. The Hall–Kier alpha value is -1.48. The molecular formula is C15H21N3. The molecule has 3 nitrogen and oxygen atoms in total. The molecular weight excluding hydrogens is 222 g/mol. The molecule has 0 fully saturated rings. The van der Waals surface area contributed by atoms with Crippen LogP contribution in [-0.4, -0.2) is 22.8 Å². The van der Waals surface area contributed by atoms with Gasteiger partial charge in [-0.25, -0.2) is 0 Å². The van der Waals surface area contributed by atoms with Crippen LogP contribution in [0, 0.1) is 6.92 Å². The standard InChI is InChI=1S/C15H21N3/c1-4-12(16-5-2)10-15-14-9-7-6-8-13(14)11(3)17-18-15/h6-9,12,16H,4-5,10H2,1-3H3. The number of fused-ring (bicyclic) bond motifs is 1. The Kier molecular flexibility index (Phi) is 4.26. The van der Waals surface area contributed by atoms with Crippen LogP contribution in [0.2, 0.25) is 0 Å². The van der Waals surface area contributed by atoms with E-state index in [2.05, 4.69) is 53.6 Å². The summed E-state index contributed by atoms with van der Waals surface area (Å²) >= 11 is 0. The lowest BCUT2D eigenvalue weighted by Gasteiger charge is -2.16. The summed E-state index contributed by atoms with van der Waals surface area (Å²) in [5.41, 5.74) is 2.11. The van der Waals surface area contributed by atoms with Crippen molar-refractivity contribution in [2.45, 2.75) is 39.7 Å². The van der Waals surface area contributed by atoms with Gasteiger partial charge in [0.05, 0.1) is 11.4 Å². The van der Waals surface area contributed by atoms with Gasteiger partial charge in [0.15, 0.2) is 0 Å². The molecule has 1 aromatic heterocycles. The second-order valence-electron chi connectivity index (χ2n) is 4.64. The van der Waals surface area contributed by atoms with E-state index in [-0.39, 0.29) is 0 Å². The Labute approximate surface area is 109 Å². The molecule has 0 spiro atoms. The van der Waals surface area contributed by atoms with Crippen LogP contribution in [0.1, 0.15) is 31.7 Å². The van der Waals surface area contributed by atoms with Crippen molar-refractivity contribution in [2.24, 2.45) is 0 Å². The van der Waals surface area contributed by atoms with Crippen molar-refractivity contribution in [3.05, 3.63) is 35.7 Å². The summed E-state index contributed by atoms with van der Waals surface area (Å²) in [6.07, 6.45) is 2.05. The first-order chi connectivity index (χ1) is 8.76. The van der Waals surface area contributed by atoms with Gasteiger partial charge in [-0.3, -0.25) is 0 Å². The zero-order valence-corrected chi connectivity index (χ0v) is 11.4. The van der Waals surface area contributed by atoms with Gasteiger partial charge in [-0.2, -0.15) is 10.2 Å². The Bertz CT molecular complexity index is 522. The van der Waals surface area contributed by atoms with Crippen molar-refractivity contribution < 1.29 is 0 Å². The summed E-state index contributed by atoms with van der Waals surface area (Å²) in [6, 6.07) is 8.88. The van der Waals surface area contributed by atoms with Gasteiger partial charge >= 0.3 is 0 Å².